The van der Waals surface area contributed by atoms with Crippen LogP contribution in [0.15, 0.2) is 0 Å². The number of carboxylic acids is 3. The molecule has 0 aliphatic carbocycles. The number of thiol groups is 4. The summed E-state index contributed by atoms with van der Waals surface area (Å²) < 4.78 is 0. The molecule has 0 aromatic heterocycles. The summed E-state index contributed by atoms with van der Waals surface area (Å²) in [5.74, 6) is -0.989. The zero-order valence-electron chi connectivity index (χ0n) is 18.6. The first-order valence-electron chi connectivity index (χ1n) is 9.82. The van der Waals surface area contributed by atoms with Crippen molar-refractivity contribution < 1.29 is 45.0 Å². The smallest absolute Gasteiger partial charge is 0.304 e. The molecule has 0 heterocycles. The van der Waals surface area contributed by atoms with E-state index >= 15 is 0 Å². The number of aliphatic hydroxyl groups excluding tert-OH is 3. The molecule has 194 valence electrons. The third kappa shape index (κ3) is 29.7. The molecule has 0 aromatic carbocycles. The van der Waals surface area contributed by atoms with Crippen LogP contribution in [0.25, 0.3) is 0 Å². The molecule has 0 radical (unpaired) electrons. The van der Waals surface area contributed by atoms with Crippen molar-refractivity contribution in [1.82, 2.24) is 0 Å². The fraction of sp³-hybridized carbons (Fsp3) is 0.842. The van der Waals surface area contributed by atoms with Gasteiger partial charge < -0.3 is 30.6 Å². The second kappa shape index (κ2) is 26.9. The summed E-state index contributed by atoms with van der Waals surface area (Å²) in [4.78, 5) is 28.7. The van der Waals surface area contributed by atoms with E-state index in [-0.39, 0.29) is 45.0 Å². The molecule has 0 spiro atoms. The molecule has 0 rings (SSSR count). The van der Waals surface area contributed by atoms with Gasteiger partial charge in [-0.3, -0.25) is 14.4 Å². The van der Waals surface area contributed by atoms with Gasteiger partial charge in [-0.25, -0.2) is 0 Å². The van der Waals surface area contributed by atoms with Crippen LogP contribution >= 0.6 is 50.5 Å². The van der Waals surface area contributed by atoms with E-state index in [1.54, 1.807) is 0 Å². The van der Waals surface area contributed by atoms with Gasteiger partial charge in [0, 0.05) is 22.7 Å². The number of aliphatic carboxylic acids is 3. The fourth-order valence-corrected chi connectivity index (χ4v) is 2.42. The zero-order chi connectivity index (χ0) is 26.2. The van der Waals surface area contributed by atoms with Crippen molar-refractivity contribution in [2.75, 3.05) is 37.1 Å². The van der Waals surface area contributed by atoms with Crippen LogP contribution in [0.1, 0.15) is 46.0 Å². The van der Waals surface area contributed by atoms with E-state index in [9.17, 15) is 29.7 Å². The quantitative estimate of drug-likeness (QED) is 0.156. The Hall–Kier alpha value is -0.310. The molecule has 0 amide bonds. The Labute approximate surface area is 212 Å². The SMILES string of the molecule is CC(S)CCC(C)C(CO)(CO)CO.O=C(O)CCS.O=C(O)CCS.O=C(O)CCS. The lowest BCUT2D eigenvalue weighted by Gasteiger charge is -2.34. The number of carboxylic acid groups (broad SMARTS) is 3. The van der Waals surface area contributed by atoms with Crippen molar-refractivity contribution in [3.8, 4) is 0 Å². The lowest BCUT2D eigenvalue weighted by atomic mass is 9.76. The Morgan fingerprint density at radius 2 is 0.969 bits per heavy atom. The van der Waals surface area contributed by atoms with Gasteiger partial charge in [0.15, 0.2) is 0 Å². The summed E-state index contributed by atoms with van der Waals surface area (Å²) in [6.07, 6.45) is 2.24. The van der Waals surface area contributed by atoms with Crippen molar-refractivity contribution in [3.05, 3.63) is 0 Å². The minimum absolute atomic E-state index is 0.0945. The number of carbonyl (C=O) groups is 3. The van der Waals surface area contributed by atoms with E-state index in [1.165, 1.54) is 0 Å². The molecule has 0 aromatic rings. The third-order valence-corrected chi connectivity index (χ3v) is 4.91. The van der Waals surface area contributed by atoms with Crippen LogP contribution in [-0.4, -0.2) is 90.9 Å². The summed E-state index contributed by atoms with van der Waals surface area (Å²) in [5.41, 5.74) is -0.747. The van der Waals surface area contributed by atoms with Crippen molar-refractivity contribution in [2.24, 2.45) is 11.3 Å². The number of hydrogen-bond donors (Lipinski definition) is 10. The second-order valence-corrected chi connectivity index (χ2v) is 8.99. The van der Waals surface area contributed by atoms with E-state index in [0.29, 0.717) is 22.5 Å². The Balaban J connectivity index is -0.000000182. The van der Waals surface area contributed by atoms with Gasteiger partial charge in [-0.15, -0.1) is 0 Å². The van der Waals surface area contributed by atoms with Crippen LogP contribution < -0.4 is 0 Å². The largest absolute Gasteiger partial charge is 0.481 e. The lowest BCUT2D eigenvalue weighted by Crippen LogP contribution is -2.40. The maximum atomic E-state index is 9.55. The predicted molar refractivity (Wildman–Crippen MR) is 139 cm³/mol. The summed E-state index contributed by atoms with van der Waals surface area (Å²) >= 11 is 15.3. The molecule has 0 fully saturated rings. The van der Waals surface area contributed by atoms with Crippen LogP contribution in [0.5, 0.6) is 0 Å². The van der Waals surface area contributed by atoms with Gasteiger partial charge in [-0.2, -0.15) is 50.5 Å². The van der Waals surface area contributed by atoms with Crippen molar-refractivity contribution >= 4 is 68.4 Å². The van der Waals surface area contributed by atoms with E-state index in [1.807, 2.05) is 13.8 Å². The molecular weight excluding hydrogens is 500 g/mol. The maximum absolute atomic E-state index is 9.55. The minimum Gasteiger partial charge on any atom is -0.481 e. The fourth-order valence-electron chi connectivity index (χ4n) is 1.70. The van der Waals surface area contributed by atoms with Crippen molar-refractivity contribution in [2.45, 2.75) is 51.2 Å². The van der Waals surface area contributed by atoms with Crippen molar-refractivity contribution in [1.29, 1.82) is 0 Å². The second-order valence-electron chi connectivity index (χ2n) is 6.77. The molecular formula is C19H40O9S4. The first-order chi connectivity index (χ1) is 14.8. The Bertz CT molecular complexity index is 416. The molecule has 13 heteroatoms. The van der Waals surface area contributed by atoms with Gasteiger partial charge in [0.25, 0.3) is 0 Å². The highest BCUT2D eigenvalue weighted by atomic mass is 32.1. The highest BCUT2D eigenvalue weighted by Crippen LogP contribution is 2.30. The van der Waals surface area contributed by atoms with Crippen LogP contribution in [0.2, 0.25) is 0 Å². The maximum Gasteiger partial charge on any atom is 0.304 e. The molecule has 0 bridgehead atoms. The van der Waals surface area contributed by atoms with Gasteiger partial charge in [-0.1, -0.05) is 13.8 Å². The zero-order valence-corrected chi connectivity index (χ0v) is 22.2. The number of aliphatic hydroxyl groups is 3. The molecule has 6 N–H and O–H groups in total. The van der Waals surface area contributed by atoms with Gasteiger partial charge in [0.1, 0.15) is 0 Å². The Kier molecular flexibility index (Phi) is 32.8. The van der Waals surface area contributed by atoms with Crippen LogP contribution in [0.3, 0.4) is 0 Å². The molecule has 0 saturated carbocycles. The predicted octanol–water partition coefficient (Wildman–Crippen LogP) is 1.86. The third-order valence-electron chi connectivity index (χ3n) is 3.98. The number of hydrogen-bond acceptors (Lipinski definition) is 10. The molecule has 9 nitrogen and oxygen atoms in total. The standard InChI is InChI=1S/C10H22O3S.3C3H6O2S/c1-8(3-4-9(2)14)10(5-11,6-12)7-13;3*4-3(5)1-2-6/h8-9,11-14H,3-7H2,1-2H3;3*6H,1-2H2,(H,4,5). The Morgan fingerprint density at radius 3 is 1.09 bits per heavy atom. The average Bonchev–Trinajstić information content (AvgIpc) is 2.69. The summed E-state index contributed by atoms with van der Waals surface area (Å²) in [6.45, 7) is 3.42. The highest BCUT2D eigenvalue weighted by Gasteiger charge is 2.34. The van der Waals surface area contributed by atoms with Gasteiger partial charge in [0.2, 0.25) is 0 Å². The molecule has 2 unspecified atom stereocenters. The molecule has 2 atom stereocenters. The number of rotatable bonds is 13. The minimum atomic E-state index is -0.787. The van der Waals surface area contributed by atoms with Crippen LogP contribution in [0, 0.1) is 11.3 Å². The molecule has 0 saturated heterocycles. The van der Waals surface area contributed by atoms with E-state index in [4.69, 9.17) is 15.3 Å². The van der Waals surface area contributed by atoms with Gasteiger partial charge in [-0.05, 0) is 24.0 Å². The molecule has 0 aliphatic heterocycles. The molecule has 32 heavy (non-hydrogen) atoms. The topological polar surface area (TPSA) is 173 Å². The van der Waals surface area contributed by atoms with E-state index in [2.05, 4.69) is 50.5 Å². The normalized spacial score (nSPS) is 11.9. The van der Waals surface area contributed by atoms with Crippen LogP contribution in [0.4, 0.5) is 0 Å². The summed E-state index contributed by atoms with van der Waals surface area (Å²) in [5, 5.41) is 51.4. The van der Waals surface area contributed by atoms with Gasteiger partial charge in [0.05, 0.1) is 39.1 Å². The van der Waals surface area contributed by atoms with Crippen LogP contribution in [-0.2, 0) is 14.4 Å². The first-order valence-corrected chi connectivity index (χ1v) is 12.2. The van der Waals surface area contributed by atoms with Gasteiger partial charge >= 0.3 is 17.9 Å². The van der Waals surface area contributed by atoms with E-state index in [0.717, 1.165) is 12.8 Å². The van der Waals surface area contributed by atoms with Crippen molar-refractivity contribution in [3.63, 3.8) is 0 Å². The first kappa shape index (κ1) is 38.9. The monoisotopic (exact) mass is 540 g/mol. The summed E-state index contributed by atoms with van der Waals surface area (Å²) in [6, 6.07) is 0. The lowest BCUT2D eigenvalue weighted by molar-refractivity contribution is -0.137. The average molecular weight is 541 g/mol. The Morgan fingerprint density at radius 1 is 0.688 bits per heavy atom. The van der Waals surface area contributed by atoms with E-state index < -0.39 is 23.3 Å². The molecule has 0 aliphatic rings. The summed E-state index contributed by atoms with van der Waals surface area (Å²) in [7, 11) is 0. The highest BCUT2D eigenvalue weighted by molar-refractivity contribution is 7.81.